The first-order valence-electron chi connectivity index (χ1n) is 14.4. The highest BCUT2D eigenvalue weighted by Gasteiger charge is 2.71. The molecule has 9 atom stereocenters. The molecule has 7 unspecified atom stereocenters. The van der Waals surface area contributed by atoms with E-state index < -0.39 is 0 Å². The summed E-state index contributed by atoms with van der Waals surface area (Å²) in [6.07, 6.45) is 12.1. The third-order valence-electron chi connectivity index (χ3n) is 13.3. The fourth-order valence-electron chi connectivity index (χ4n) is 11.5. The Bertz CT molecular complexity index is 896. The monoisotopic (exact) mass is 485 g/mol. The molecule has 35 heavy (non-hydrogen) atoms. The zero-order chi connectivity index (χ0) is 25.4. The Hall–Kier alpha value is -0.870. The first-order chi connectivity index (χ1) is 16.4. The third-order valence-corrected chi connectivity index (χ3v) is 13.3. The minimum Gasteiger partial charge on any atom is -0.399 e. The van der Waals surface area contributed by atoms with Gasteiger partial charge in [-0.05, 0) is 117 Å². The van der Waals surface area contributed by atoms with E-state index in [0.29, 0.717) is 39.9 Å². The van der Waals surface area contributed by atoms with E-state index in [1.807, 2.05) is 0 Å². The fraction of sp³-hybridized carbons (Fsp3) is 0.903. The third kappa shape index (κ3) is 3.27. The highest BCUT2D eigenvalue weighted by Crippen LogP contribution is 2.76. The predicted octanol–water partition coefficient (Wildman–Crippen LogP) is 7.37. The van der Waals surface area contributed by atoms with Crippen LogP contribution in [0.3, 0.4) is 0 Å². The van der Waals surface area contributed by atoms with Crippen molar-refractivity contribution in [1.29, 1.82) is 0 Å². The molecule has 0 amide bonds. The van der Waals surface area contributed by atoms with Gasteiger partial charge in [0.2, 0.25) is 0 Å². The Morgan fingerprint density at radius 3 is 2.34 bits per heavy atom. The Morgan fingerprint density at radius 2 is 1.69 bits per heavy atom. The first-order valence-corrected chi connectivity index (χ1v) is 14.4. The van der Waals surface area contributed by atoms with Gasteiger partial charge in [-0.1, -0.05) is 51.9 Å². The fourth-order valence-corrected chi connectivity index (χ4v) is 11.5. The zero-order valence-electron chi connectivity index (χ0n) is 23.6. The summed E-state index contributed by atoms with van der Waals surface area (Å²) in [6.45, 7) is 19.4. The van der Waals surface area contributed by atoms with E-state index in [0.717, 1.165) is 25.2 Å². The van der Waals surface area contributed by atoms with E-state index in [2.05, 4.69) is 53.3 Å². The van der Waals surface area contributed by atoms with E-state index in [9.17, 15) is 5.11 Å². The minimum absolute atomic E-state index is 0.0925. The van der Waals surface area contributed by atoms with Crippen LogP contribution in [0, 0.1) is 51.2 Å². The Morgan fingerprint density at radius 1 is 0.943 bits per heavy atom. The summed E-state index contributed by atoms with van der Waals surface area (Å²) < 4.78 is 6.29. The number of aliphatic hydroxyl groups excluding tert-OH is 1. The van der Waals surface area contributed by atoms with Crippen LogP contribution in [-0.4, -0.2) is 30.3 Å². The van der Waals surface area contributed by atoms with Crippen molar-refractivity contribution >= 4 is 5.71 Å². The number of fused-ring (bicyclic) bond motifs is 7. The van der Waals surface area contributed by atoms with Crippen LogP contribution in [0.4, 0.5) is 0 Å². The lowest BCUT2D eigenvalue weighted by atomic mass is 9.33. The quantitative estimate of drug-likeness (QED) is 0.257. The number of oxime groups is 1. The van der Waals surface area contributed by atoms with Crippen molar-refractivity contribution in [3.8, 4) is 0 Å². The molecule has 1 N–H and O–H groups in total. The van der Waals surface area contributed by atoms with Crippen LogP contribution >= 0.6 is 0 Å². The molecule has 4 heteroatoms. The number of rotatable bonds is 4. The molecule has 5 saturated carbocycles. The van der Waals surface area contributed by atoms with Crippen LogP contribution in [0.15, 0.2) is 17.3 Å². The Balaban J connectivity index is 1.53. The van der Waals surface area contributed by atoms with Gasteiger partial charge in [0.1, 0.15) is 13.9 Å². The van der Waals surface area contributed by atoms with Gasteiger partial charge in [0.15, 0.2) is 0 Å². The maximum absolute atomic E-state index is 9.89. The second-order valence-electron chi connectivity index (χ2n) is 14.5. The van der Waals surface area contributed by atoms with E-state index in [1.165, 1.54) is 56.2 Å². The number of aliphatic hydroxyl groups is 1. The van der Waals surface area contributed by atoms with E-state index in [-0.39, 0.29) is 17.8 Å². The van der Waals surface area contributed by atoms with E-state index >= 15 is 0 Å². The Labute approximate surface area is 214 Å². The van der Waals surface area contributed by atoms with Crippen molar-refractivity contribution in [1.82, 2.24) is 0 Å². The predicted molar refractivity (Wildman–Crippen MR) is 142 cm³/mol. The maximum atomic E-state index is 9.89. The molecule has 0 saturated heterocycles. The van der Waals surface area contributed by atoms with Crippen molar-refractivity contribution < 1.29 is 14.7 Å². The summed E-state index contributed by atoms with van der Waals surface area (Å²) in [7, 11) is 1.70. The average Bonchev–Trinajstić information content (AvgIpc) is 3.16. The molecular formula is C31H51NO3. The molecule has 0 aromatic carbocycles. The summed E-state index contributed by atoms with van der Waals surface area (Å²) in [4.78, 5) is 5.29. The average molecular weight is 486 g/mol. The zero-order valence-corrected chi connectivity index (χ0v) is 23.6. The lowest BCUT2D eigenvalue weighted by molar-refractivity contribution is -0.254. The van der Waals surface area contributed by atoms with Gasteiger partial charge < -0.3 is 14.7 Å². The molecular weight excluding hydrogens is 434 g/mol. The second-order valence-corrected chi connectivity index (χ2v) is 14.5. The molecule has 5 fully saturated rings. The van der Waals surface area contributed by atoms with Gasteiger partial charge in [0, 0.05) is 5.41 Å². The van der Waals surface area contributed by atoms with Crippen LogP contribution in [0.25, 0.3) is 0 Å². The van der Waals surface area contributed by atoms with Crippen LogP contribution in [0.1, 0.15) is 106 Å². The van der Waals surface area contributed by atoms with Crippen LogP contribution in [0.5, 0.6) is 0 Å². The molecule has 5 aliphatic carbocycles. The maximum Gasteiger partial charge on any atom is 0.144 e. The molecule has 0 aromatic rings. The van der Waals surface area contributed by atoms with Crippen LogP contribution in [0.2, 0.25) is 0 Å². The van der Waals surface area contributed by atoms with Gasteiger partial charge in [-0.3, -0.25) is 0 Å². The lowest BCUT2D eigenvalue weighted by Crippen LogP contribution is -2.67. The normalized spacial score (nSPS) is 51.7. The summed E-state index contributed by atoms with van der Waals surface area (Å²) in [5.41, 5.74) is 3.52. The van der Waals surface area contributed by atoms with Crippen LogP contribution in [-0.2, 0) is 9.57 Å². The largest absolute Gasteiger partial charge is 0.399 e. The second kappa shape index (κ2) is 8.32. The van der Waals surface area contributed by atoms with E-state index in [1.54, 1.807) is 7.11 Å². The van der Waals surface area contributed by atoms with Crippen molar-refractivity contribution in [2.45, 2.75) is 111 Å². The molecule has 0 aliphatic heterocycles. The van der Waals surface area contributed by atoms with Gasteiger partial charge in [-0.25, -0.2) is 0 Å². The lowest BCUT2D eigenvalue weighted by Gasteiger charge is -2.72. The Kier molecular flexibility index (Phi) is 6.12. The summed E-state index contributed by atoms with van der Waals surface area (Å²) in [5, 5.41) is 14.4. The van der Waals surface area contributed by atoms with Gasteiger partial charge in [-0.2, -0.15) is 0 Å². The molecule has 0 bridgehead atoms. The minimum atomic E-state index is -0.150. The van der Waals surface area contributed by atoms with Gasteiger partial charge in [0.05, 0.1) is 11.3 Å². The number of allylic oxidation sites excluding steroid dienone is 1. The van der Waals surface area contributed by atoms with Crippen molar-refractivity contribution in [2.24, 2.45) is 56.4 Å². The van der Waals surface area contributed by atoms with Crippen molar-refractivity contribution in [3.63, 3.8) is 0 Å². The smallest absolute Gasteiger partial charge is 0.144 e. The molecule has 4 nitrogen and oxygen atoms in total. The van der Waals surface area contributed by atoms with Gasteiger partial charge >= 0.3 is 0 Å². The highest BCUT2D eigenvalue weighted by molar-refractivity contribution is 5.90. The van der Waals surface area contributed by atoms with Gasteiger partial charge in [0.25, 0.3) is 0 Å². The van der Waals surface area contributed by atoms with Crippen molar-refractivity contribution in [2.75, 3.05) is 13.9 Å². The summed E-state index contributed by atoms with van der Waals surface area (Å²) >= 11 is 0. The molecule has 5 rings (SSSR count). The first kappa shape index (κ1) is 25.8. The molecule has 0 spiro atoms. The SMILES string of the molecule is C=C(C)C1CCC2(OCO)CCC3(C)C(CCC4[C@@]5(C)CC/C(=N\OC)C(C)(C)C5CC[C@]43C)C12. The van der Waals surface area contributed by atoms with Crippen LogP contribution < -0.4 is 0 Å². The topological polar surface area (TPSA) is 51.0 Å². The molecule has 5 aliphatic rings. The number of ether oxygens (including phenoxy) is 1. The number of nitrogens with zero attached hydrogens (tertiary/aromatic N) is 1. The number of hydrogen-bond donors (Lipinski definition) is 1. The molecule has 0 radical (unpaired) electrons. The summed E-state index contributed by atoms with van der Waals surface area (Å²) in [5.74, 6) is 3.08. The highest BCUT2D eigenvalue weighted by atomic mass is 16.6. The van der Waals surface area contributed by atoms with Gasteiger partial charge in [-0.15, -0.1) is 0 Å². The van der Waals surface area contributed by atoms with Crippen molar-refractivity contribution in [3.05, 3.63) is 12.2 Å². The molecule has 0 aromatic heterocycles. The molecule has 198 valence electrons. The standard InChI is InChI=1S/C31H51NO3/c1-20(2)21-11-16-31(35-19-33)18-17-29(6)22(26(21)31)9-10-24-28(5)14-13-25(32-34-8)27(3,4)23(28)12-15-30(24,29)7/h21-24,26,33H,1,9-19H2,2-8H3/b32-25+/t21?,22?,23?,24?,26?,28-,29?,30+,31?/m0/s1. The number of hydrogen-bond acceptors (Lipinski definition) is 4. The summed E-state index contributed by atoms with van der Waals surface area (Å²) in [6, 6.07) is 0. The van der Waals surface area contributed by atoms with E-state index in [4.69, 9.17) is 9.57 Å². The molecule has 0 heterocycles.